The fourth-order valence-electron chi connectivity index (χ4n) is 1.36. The minimum absolute atomic E-state index is 0.0755. The molecule has 5 heteroatoms. The summed E-state index contributed by atoms with van der Waals surface area (Å²) in [5.41, 5.74) is 0.684. The van der Waals surface area contributed by atoms with Crippen LogP contribution >= 0.6 is 0 Å². The number of hydrogen-bond acceptors (Lipinski definition) is 4. The standard InChI is InChI=1S/C12H11FN2O2/c1-8(16)2-7-11-14-12(15-17-11)9-3-5-10(13)6-4-9/h3-6H,2,7H2,1H3. The van der Waals surface area contributed by atoms with Crippen molar-refractivity contribution in [1.29, 1.82) is 0 Å². The van der Waals surface area contributed by atoms with Crippen LogP contribution in [0, 0.1) is 5.82 Å². The fraction of sp³-hybridized carbons (Fsp3) is 0.250. The van der Waals surface area contributed by atoms with E-state index in [0.29, 0.717) is 30.1 Å². The quantitative estimate of drug-likeness (QED) is 0.815. The van der Waals surface area contributed by atoms with Gasteiger partial charge in [0.2, 0.25) is 11.7 Å². The van der Waals surface area contributed by atoms with Crippen LogP contribution in [0.15, 0.2) is 28.8 Å². The Balaban J connectivity index is 2.12. The molecule has 0 aliphatic rings. The van der Waals surface area contributed by atoms with Crippen LogP contribution in [0.4, 0.5) is 4.39 Å². The van der Waals surface area contributed by atoms with Crippen molar-refractivity contribution in [2.45, 2.75) is 19.8 Å². The zero-order valence-corrected chi connectivity index (χ0v) is 9.31. The summed E-state index contributed by atoms with van der Waals surface area (Å²) in [7, 11) is 0. The first-order chi connectivity index (χ1) is 8.15. The number of ketones is 1. The number of benzene rings is 1. The number of nitrogens with zero attached hydrogens (tertiary/aromatic N) is 2. The average molecular weight is 234 g/mol. The number of halogens is 1. The molecule has 0 radical (unpaired) electrons. The fourth-order valence-corrected chi connectivity index (χ4v) is 1.36. The van der Waals surface area contributed by atoms with E-state index in [0.717, 1.165) is 0 Å². The lowest BCUT2D eigenvalue weighted by Gasteiger charge is -1.92. The molecule has 1 aromatic heterocycles. The van der Waals surface area contributed by atoms with Gasteiger partial charge in [-0.2, -0.15) is 4.98 Å². The molecule has 0 unspecified atom stereocenters. The summed E-state index contributed by atoms with van der Waals surface area (Å²) in [5.74, 6) is 0.587. The molecule has 0 N–H and O–H groups in total. The lowest BCUT2D eigenvalue weighted by molar-refractivity contribution is -0.117. The van der Waals surface area contributed by atoms with Gasteiger partial charge in [-0.25, -0.2) is 4.39 Å². The SMILES string of the molecule is CC(=O)CCc1nc(-c2ccc(F)cc2)no1. The van der Waals surface area contributed by atoms with Crippen LogP contribution < -0.4 is 0 Å². The van der Waals surface area contributed by atoms with Gasteiger partial charge in [-0.05, 0) is 31.2 Å². The first-order valence-electron chi connectivity index (χ1n) is 5.23. The van der Waals surface area contributed by atoms with Gasteiger partial charge in [0.1, 0.15) is 11.6 Å². The number of Topliss-reactive ketones (excluding diaryl/α,β-unsaturated/α-hetero) is 1. The molecule has 0 bridgehead atoms. The van der Waals surface area contributed by atoms with E-state index in [9.17, 15) is 9.18 Å². The highest BCUT2D eigenvalue weighted by Gasteiger charge is 2.09. The minimum atomic E-state index is -0.311. The van der Waals surface area contributed by atoms with Crippen LogP contribution in [0.5, 0.6) is 0 Å². The highest BCUT2D eigenvalue weighted by Crippen LogP contribution is 2.16. The summed E-state index contributed by atoms with van der Waals surface area (Å²) in [5, 5.41) is 3.77. The van der Waals surface area contributed by atoms with Gasteiger partial charge >= 0.3 is 0 Å². The van der Waals surface area contributed by atoms with E-state index in [-0.39, 0.29) is 11.6 Å². The third-order valence-corrected chi connectivity index (χ3v) is 2.26. The molecule has 0 aliphatic carbocycles. The lowest BCUT2D eigenvalue weighted by Crippen LogP contribution is -1.94. The Morgan fingerprint density at radius 2 is 2.06 bits per heavy atom. The van der Waals surface area contributed by atoms with Crippen molar-refractivity contribution in [1.82, 2.24) is 10.1 Å². The molecular weight excluding hydrogens is 223 g/mol. The number of aromatic nitrogens is 2. The Kier molecular flexibility index (Phi) is 3.27. The maximum absolute atomic E-state index is 12.7. The molecule has 1 aromatic carbocycles. The Bertz CT molecular complexity index is 520. The number of aryl methyl sites for hydroxylation is 1. The van der Waals surface area contributed by atoms with Crippen molar-refractivity contribution < 1.29 is 13.7 Å². The van der Waals surface area contributed by atoms with E-state index in [1.807, 2.05) is 0 Å². The molecule has 0 fully saturated rings. The zero-order valence-electron chi connectivity index (χ0n) is 9.31. The molecule has 0 saturated heterocycles. The Morgan fingerprint density at radius 1 is 1.35 bits per heavy atom. The van der Waals surface area contributed by atoms with Crippen LogP contribution in [0.25, 0.3) is 11.4 Å². The molecule has 1 heterocycles. The first kappa shape index (κ1) is 11.4. The number of carbonyl (C=O) groups is 1. The van der Waals surface area contributed by atoms with E-state index in [1.165, 1.54) is 19.1 Å². The molecule has 17 heavy (non-hydrogen) atoms. The summed E-state index contributed by atoms with van der Waals surface area (Å²) in [4.78, 5) is 14.9. The van der Waals surface area contributed by atoms with Crippen LogP contribution in [0.3, 0.4) is 0 Å². The number of rotatable bonds is 4. The van der Waals surface area contributed by atoms with Crippen molar-refractivity contribution in [3.8, 4) is 11.4 Å². The summed E-state index contributed by atoms with van der Waals surface area (Å²) >= 11 is 0. The van der Waals surface area contributed by atoms with Gasteiger partial charge in [0, 0.05) is 18.4 Å². The molecule has 0 saturated carbocycles. The maximum Gasteiger partial charge on any atom is 0.227 e. The first-order valence-corrected chi connectivity index (χ1v) is 5.23. The molecule has 88 valence electrons. The molecule has 2 rings (SSSR count). The van der Waals surface area contributed by atoms with Gasteiger partial charge < -0.3 is 9.32 Å². The zero-order chi connectivity index (χ0) is 12.3. The summed E-state index contributed by atoms with van der Waals surface area (Å²) in [6.07, 6.45) is 0.814. The summed E-state index contributed by atoms with van der Waals surface area (Å²) in [6, 6.07) is 5.83. The molecule has 0 spiro atoms. The number of carbonyl (C=O) groups excluding carboxylic acids is 1. The summed E-state index contributed by atoms with van der Waals surface area (Å²) in [6.45, 7) is 1.51. The van der Waals surface area contributed by atoms with Crippen molar-refractivity contribution >= 4 is 5.78 Å². The second-order valence-electron chi connectivity index (χ2n) is 3.72. The van der Waals surface area contributed by atoms with E-state index < -0.39 is 0 Å². The molecule has 0 atom stereocenters. The molecule has 4 nitrogen and oxygen atoms in total. The topological polar surface area (TPSA) is 56.0 Å². The Labute approximate surface area is 97.5 Å². The van der Waals surface area contributed by atoms with E-state index in [2.05, 4.69) is 10.1 Å². The molecule has 0 amide bonds. The van der Waals surface area contributed by atoms with E-state index in [1.54, 1.807) is 12.1 Å². The maximum atomic E-state index is 12.7. The van der Waals surface area contributed by atoms with Crippen molar-refractivity contribution in [3.05, 3.63) is 36.0 Å². The van der Waals surface area contributed by atoms with Gasteiger partial charge in [-0.15, -0.1) is 0 Å². The van der Waals surface area contributed by atoms with E-state index >= 15 is 0 Å². The highest BCUT2D eigenvalue weighted by molar-refractivity contribution is 5.75. The monoisotopic (exact) mass is 234 g/mol. The van der Waals surface area contributed by atoms with Crippen LogP contribution in [0.1, 0.15) is 19.2 Å². The van der Waals surface area contributed by atoms with Gasteiger partial charge in [0.05, 0.1) is 0 Å². The third-order valence-electron chi connectivity index (χ3n) is 2.26. The highest BCUT2D eigenvalue weighted by atomic mass is 19.1. The number of hydrogen-bond donors (Lipinski definition) is 0. The third kappa shape index (κ3) is 2.96. The lowest BCUT2D eigenvalue weighted by atomic mass is 10.2. The average Bonchev–Trinajstić information content (AvgIpc) is 2.76. The van der Waals surface area contributed by atoms with Crippen LogP contribution in [-0.2, 0) is 11.2 Å². The molecular formula is C12H11FN2O2. The predicted molar refractivity (Wildman–Crippen MR) is 58.7 cm³/mol. The van der Waals surface area contributed by atoms with Gasteiger partial charge in [0.25, 0.3) is 0 Å². The molecule has 2 aromatic rings. The largest absolute Gasteiger partial charge is 0.339 e. The van der Waals surface area contributed by atoms with Crippen LogP contribution in [0.2, 0.25) is 0 Å². The minimum Gasteiger partial charge on any atom is -0.339 e. The van der Waals surface area contributed by atoms with Crippen molar-refractivity contribution in [2.24, 2.45) is 0 Å². The Morgan fingerprint density at radius 3 is 2.71 bits per heavy atom. The summed E-state index contributed by atoms with van der Waals surface area (Å²) < 4.78 is 17.7. The van der Waals surface area contributed by atoms with Gasteiger partial charge in [-0.3, -0.25) is 0 Å². The normalized spacial score (nSPS) is 10.5. The smallest absolute Gasteiger partial charge is 0.227 e. The van der Waals surface area contributed by atoms with E-state index in [4.69, 9.17) is 4.52 Å². The van der Waals surface area contributed by atoms with Gasteiger partial charge in [0.15, 0.2) is 0 Å². The predicted octanol–water partition coefficient (Wildman–Crippen LogP) is 2.40. The van der Waals surface area contributed by atoms with Crippen molar-refractivity contribution in [2.75, 3.05) is 0 Å². The van der Waals surface area contributed by atoms with Crippen molar-refractivity contribution in [3.63, 3.8) is 0 Å². The Hall–Kier alpha value is -2.04. The second kappa shape index (κ2) is 4.86. The second-order valence-corrected chi connectivity index (χ2v) is 3.72. The van der Waals surface area contributed by atoms with Gasteiger partial charge in [-0.1, -0.05) is 5.16 Å². The molecule has 0 aliphatic heterocycles. The van der Waals surface area contributed by atoms with Crippen LogP contribution in [-0.4, -0.2) is 15.9 Å².